The summed E-state index contributed by atoms with van der Waals surface area (Å²) in [5, 5.41) is 8.87. The first-order valence-corrected chi connectivity index (χ1v) is 9.03. The van der Waals surface area contributed by atoms with Gasteiger partial charge in [-0.15, -0.1) is 0 Å². The van der Waals surface area contributed by atoms with Crippen LogP contribution < -0.4 is 9.47 Å². The van der Waals surface area contributed by atoms with Crippen molar-refractivity contribution in [2.24, 2.45) is 0 Å². The van der Waals surface area contributed by atoms with Crippen LogP contribution in [0.15, 0.2) is 87.5 Å². The Morgan fingerprint density at radius 1 is 0.792 bits per heavy atom. The highest BCUT2D eigenvalue weighted by Gasteiger charge is 2.38. The number of benzene rings is 3. The van der Waals surface area contributed by atoms with Crippen LogP contribution in [-0.2, 0) is 10.9 Å². The van der Waals surface area contributed by atoms with Crippen molar-refractivity contribution in [1.29, 1.82) is 0 Å². The highest BCUT2D eigenvalue weighted by molar-refractivity contribution is 7.97. The van der Waals surface area contributed by atoms with Gasteiger partial charge in [0.25, 0.3) is 0 Å². The van der Waals surface area contributed by atoms with Crippen LogP contribution in [0.3, 0.4) is 0 Å². The molecule has 4 rings (SSSR count). The summed E-state index contributed by atoms with van der Waals surface area (Å²) >= 11 is 0. The summed E-state index contributed by atoms with van der Waals surface area (Å²) in [5.41, 5.74) is 0. The molecule has 0 atom stereocenters. The van der Waals surface area contributed by atoms with Crippen molar-refractivity contribution in [3.8, 4) is 17.2 Å². The highest BCUT2D eigenvalue weighted by Crippen LogP contribution is 2.46. The molecule has 0 fully saturated rings. The number of aliphatic hydroxyl groups excluding tert-OH is 1. The molecule has 0 saturated heterocycles. The molecule has 24 heavy (non-hydrogen) atoms. The Labute approximate surface area is 143 Å². The first-order chi connectivity index (χ1) is 11.9. The molecule has 1 N–H and O–H groups in total. The smallest absolute Gasteiger partial charge is 0.209 e. The predicted molar refractivity (Wildman–Crippen MR) is 94.1 cm³/mol. The Balaban J connectivity index is 1.77. The van der Waals surface area contributed by atoms with Crippen LogP contribution in [0.1, 0.15) is 0 Å². The summed E-state index contributed by atoms with van der Waals surface area (Å²) in [5.74, 6) is 2.60. The van der Waals surface area contributed by atoms with E-state index in [2.05, 4.69) is 36.4 Å². The zero-order valence-electron chi connectivity index (χ0n) is 13.0. The van der Waals surface area contributed by atoms with Crippen molar-refractivity contribution in [3.63, 3.8) is 0 Å². The van der Waals surface area contributed by atoms with Gasteiger partial charge in [-0.05, 0) is 48.5 Å². The average molecular weight is 337 g/mol. The lowest BCUT2D eigenvalue weighted by Crippen LogP contribution is -2.12. The van der Waals surface area contributed by atoms with Gasteiger partial charge in [0.2, 0.25) is 9.79 Å². The fourth-order valence-electron chi connectivity index (χ4n) is 2.73. The van der Waals surface area contributed by atoms with Crippen molar-refractivity contribution < 1.29 is 14.6 Å². The van der Waals surface area contributed by atoms with Gasteiger partial charge in [-0.2, -0.15) is 0 Å². The van der Waals surface area contributed by atoms with E-state index in [1.807, 2.05) is 36.4 Å². The Hall–Kier alpha value is -2.43. The molecular weight excluding hydrogens is 320 g/mol. The summed E-state index contributed by atoms with van der Waals surface area (Å²) < 4.78 is 11.5. The monoisotopic (exact) mass is 337 g/mol. The third-order valence-corrected chi connectivity index (χ3v) is 6.08. The van der Waals surface area contributed by atoms with Crippen molar-refractivity contribution in [2.45, 2.75) is 14.7 Å². The van der Waals surface area contributed by atoms with Gasteiger partial charge in [0, 0.05) is 0 Å². The summed E-state index contributed by atoms with van der Waals surface area (Å²) in [4.78, 5) is 3.61. The molecule has 0 aromatic heterocycles. The molecule has 0 spiro atoms. The van der Waals surface area contributed by atoms with E-state index < -0.39 is 0 Å². The van der Waals surface area contributed by atoms with Gasteiger partial charge in [0.15, 0.2) is 16.4 Å². The second-order valence-corrected chi connectivity index (χ2v) is 7.31. The first-order valence-electron chi connectivity index (χ1n) is 7.81. The summed E-state index contributed by atoms with van der Waals surface area (Å²) in [7, 11) is -0.202. The molecular formula is C20H17O3S+. The number of hydrogen-bond acceptors (Lipinski definition) is 3. The van der Waals surface area contributed by atoms with Crippen LogP contribution in [0.25, 0.3) is 0 Å². The lowest BCUT2D eigenvalue weighted by molar-refractivity contribution is 0.201. The maximum absolute atomic E-state index is 8.87. The van der Waals surface area contributed by atoms with Crippen LogP contribution in [0.5, 0.6) is 17.2 Å². The molecule has 0 unspecified atom stereocenters. The molecule has 3 nitrogen and oxygen atoms in total. The topological polar surface area (TPSA) is 38.7 Å². The predicted octanol–water partition coefficient (Wildman–Crippen LogP) is 4.26. The SMILES string of the molecule is OCCOc1ccc([S+]2c3ccccc3Oc3ccccc32)cc1. The van der Waals surface area contributed by atoms with E-state index in [1.165, 1.54) is 14.7 Å². The lowest BCUT2D eigenvalue weighted by atomic mass is 10.3. The van der Waals surface area contributed by atoms with Gasteiger partial charge < -0.3 is 14.6 Å². The minimum Gasteiger partial charge on any atom is -0.491 e. The van der Waals surface area contributed by atoms with Crippen LogP contribution in [0.4, 0.5) is 0 Å². The quantitative estimate of drug-likeness (QED) is 0.566. The zero-order valence-corrected chi connectivity index (χ0v) is 13.8. The van der Waals surface area contributed by atoms with Gasteiger partial charge in [-0.1, -0.05) is 24.3 Å². The molecule has 0 saturated carbocycles. The maximum Gasteiger partial charge on any atom is 0.209 e. The number of fused-ring (bicyclic) bond motifs is 2. The van der Waals surface area contributed by atoms with Gasteiger partial charge in [0.05, 0.1) is 6.61 Å². The van der Waals surface area contributed by atoms with Crippen LogP contribution in [0.2, 0.25) is 0 Å². The third kappa shape index (κ3) is 2.75. The summed E-state index contributed by atoms with van der Waals surface area (Å²) in [6.45, 7) is 0.328. The Bertz CT molecular complexity index is 800. The first kappa shape index (κ1) is 15.1. The Morgan fingerprint density at radius 2 is 1.38 bits per heavy atom. The second-order valence-electron chi connectivity index (χ2n) is 5.35. The highest BCUT2D eigenvalue weighted by atomic mass is 32.2. The minimum atomic E-state index is -0.202. The fraction of sp³-hybridized carbons (Fsp3) is 0.100. The van der Waals surface area contributed by atoms with Crippen molar-refractivity contribution in [1.82, 2.24) is 0 Å². The molecule has 0 bridgehead atoms. The molecule has 3 aromatic rings. The second kappa shape index (κ2) is 6.59. The number of para-hydroxylation sites is 2. The molecule has 120 valence electrons. The van der Waals surface area contributed by atoms with Crippen LogP contribution >= 0.6 is 0 Å². The van der Waals surface area contributed by atoms with E-state index >= 15 is 0 Å². The van der Waals surface area contributed by atoms with Crippen LogP contribution in [0, 0.1) is 0 Å². The number of ether oxygens (including phenoxy) is 2. The van der Waals surface area contributed by atoms with Crippen molar-refractivity contribution >= 4 is 10.9 Å². The van der Waals surface area contributed by atoms with Gasteiger partial charge in [-0.25, -0.2) is 0 Å². The largest absolute Gasteiger partial charge is 0.491 e. The van der Waals surface area contributed by atoms with Gasteiger partial charge in [-0.3, -0.25) is 0 Å². The Morgan fingerprint density at radius 3 is 1.96 bits per heavy atom. The maximum atomic E-state index is 8.87. The molecule has 3 aromatic carbocycles. The summed E-state index contributed by atoms with van der Waals surface area (Å²) in [6, 6.07) is 24.5. The third-order valence-electron chi connectivity index (χ3n) is 3.78. The van der Waals surface area contributed by atoms with Crippen LogP contribution in [-0.4, -0.2) is 18.3 Å². The normalized spacial score (nSPS) is 12.9. The van der Waals surface area contributed by atoms with E-state index in [9.17, 15) is 0 Å². The lowest BCUT2D eigenvalue weighted by Gasteiger charge is -2.19. The van der Waals surface area contributed by atoms with Crippen molar-refractivity contribution in [3.05, 3.63) is 72.8 Å². The standard InChI is InChI=1S/C20H17O3S/c21-13-14-22-15-9-11-16(12-10-15)24-19-7-3-1-5-17(19)23-18-6-2-4-8-20(18)24/h1-12,21H,13-14H2/q+1. The molecule has 1 aliphatic rings. The minimum absolute atomic E-state index is 0.0181. The average Bonchev–Trinajstić information content (AvgIpc) is 2.65. The van der Waals surface area contributed by atoms with Crippen molar-refractivity contribution in [2.75, 3.05) is 13.2 Å². The van der Waals surface area contributed by atoms with E-state index in [0.717, 1.165) is 17.2 Å². The fourth-order valence-corrected chi connectivity index (χ4v) is 4.94. The van der Waals surface area contributed by atoms with E-state index in [4.69, 9.17) is 14.6 Å². The van der Waals surface area contributed by atoms with Gasteiger partial charge in [0.1, 0.15) is 23.3 Å². The Kier molecular flexibility index (Phi) is 4.15. The van der Waals surface area contributed by atoms with E-state index in [1.54, 1.807) is 0 Å². The molecule has 0 amide bonds. The van der Waals surface area contributed by atoms with E-state index in [0.29, 0.717) is 6.61 Å². The zero-order chi connectivity index (χ0) is 16.4. The number of hydrogen-bond donors (Lipinski definition) is 1. The van der Waals surface area contributed by atoms with E-state index in [-0.39, 0.29) is 17.5 Å². The molecule has 4 heteroatoms. The number of rotatable bonds is 4. The molecule has 1 aliphatic heterocycles. The molecule has 0 radical (unpaired) electrons. The van der Waals surface area contributed by atoms with Gasteiger partial charge >= 0.3 is 0 Å². The summed E-state index contributed by atoms with van der Waals surface area (Å²) in [6.07, 6.45) is 0. The number of aliphatic hydroxyl groups is 1. The molecule has 0 aliphatic carbocycles. The molecule has 1 heterocycles.